The average Bonchev–Trinajstić information content (AvgIpc) is 3.20. The fourth-order valence-corrected chi connectivity index (χ4v) is 4.19. The van der Waals surface area contributed by atoms with Crippen LogP contribution < -0.4 is 15.2 Å². The highest BCUT2D eigenvalue weighted by molar-refractivity contribution is 6.41. The normalized spacial score (nSPS) is 15.5. The lowest BCUT2D eigenvalue weighted by Crippen LogP contribution is -2.45. The second kappa shape index (κ2) is 10.3. The Kier molecular flexibility index (Phi) is 7.20. The number of benzene rings is 2. The van der Waals surface area contributed by atoms with E-state index in [0.717, 1.165) is 23.8 Å². The molecular formula is C25H27ClN2O5. The molecule has 0 bridgehead atoms. The van der Waals surface area contributed by atoms with Gasteiger partial charge < -0.3 is 24.5 Å². The van der Waals surface area contributed by atoms with Gasteiger partial charge in [0.05, 0.1) is 0 Å². The number of hydrogen-bond donors (Lipinski definition) is 1. The predicted octanol–water partition coefficient (Wildman–Crippen LogP) is 4.10. The average molecular weight is 471 g/mol. The lowest BCUT2D eigenvalue weighted by Gasteiger charge is -2.37. The zero-order valence-corrected chi connectivity index (χ0v) is 19.3. The Bertz CT molecular complexity index is 1150. The highest BCUT2D eigenvalue weighted by atomic mass is 35.5. The van der Waals surface area contributed by atoms with Crippen molar-refractivity contribution in [2.75, 3.05) is 32.8 Å². The molecule has 5 rings (SSSR count). The summed E-state index contributed by atoms with van der Waals surface area (Å²) in [5, 5.41) is 1.19. The third-order valence-electron chi connectivity index (χ3n) is 5.61. The number of amides is 1. The number of ether oxygens (including phenoxy) is 2. The fraction of sp³-hybridized carbons (Fsp3) is 0.360. The van der Waals surface area contributed by atoms with Crippen molar-refractivity contribution in [2.45, 2.75) is 19.8 Å². The minimum Gasteiger partial charge on any atom is -0.486 e. The Morgan fingerprint density at radius 2 is 1.82 bits per heavy atom. The number of rotatable bonds is 6. The van der Waals surface area contributed by atoms with E-state index in [1.54, 1.807) is 18.2 Å². The van der Waals surface area contributed by atoms with Crippen LogP contribution in [0, 0.1) is 5.92 Å². The van der Waals surface area contributed by atoms with E-state index < -0.39 is 11.7 Å². The first-order valence-corrected chi connectivity index (χ1v) is 11.4. The molecule has 33 heavy (non-hydrogen) atoms. The molecule has 2 aliphatic heterocycles. The number of hydrogen-bond acceptors (Lipinski definition) is 6. The fourth-order valence-electron chi connectivity index (χ4n) is 4.01. The minimum absolute atomic E-state index is 0.0697. The quantitative estimate of drug-likeness (QED) is 0.430. The van der Waals surface area contributed by atoms with Gasteiger partial charge in [-0.25, -0.2) is 0 Å². The maximum absolute atomic E-state index is 11.2. The van der Waals surface area contributed by atoms with E-state index in [0.29, 0.717) is 29.2 Å². The molecule has 0 saturated carbocycles. The molecule has 174 valence electrons. The molecule has 0 unspecified atom stereocenters. The minimum atomic E-state index is -1.04. The Labute approximate surface area is 197 Å². The topological polar surface area (TPSA) is 95.0 Å². The van der Waals surface area contributed by atoms with E-state index in [9.17, 15) is 9.59 Å². The van der Waals surface area contributed by atoms with Gasteiger partial charge in [-0.05, 0) is 67.3 Å². The number of primary amides is 1. The summed E-state index contributed by atoms with van der Waals surface area (Å²) in [7, 11) is 0. The van der Waals surface area contributed by atoms with E-state index in [4.69, 9.17) is 31.2 Å². The van der Waals surface area contributed by atoms with E-state index >= 15 is 0 Å². The van der Waals surface area contributed by atoms with Crippen LogP contribution in [0.3, 0.4) is 0 Å². The lowest BCUT2D eigenvalue weighted by molar-refractivity contribution is -0.114. The van der Waals surface area contributed by atoms with Gasteiger partial charge in [-0.3, -0.25) is 9.59 Å². The van der Waals surface area contributed by atoms with Crippen molar-refractivity contribution in [1.29, 1.82) is 0 Å². The van der Waals surface area contributed by atoms with E-state index in [1.807, 2.05) is 6.07 Å². The summed E-state index contributed by atoms with van der Waals surface area (Å²) in [6, 6.07) is 12.7. The number of carbonyl (C=O) groups is 2. The standard InChI is InChI=1S/C15H21NO2.C10H6ClNO3/c1-12-10-16(11-12)6-2-3-13-4-5-14-15(9-13)18-8-7-17-14;11-6-1-2-7-5(3-6)4-8(15-7)9(13)10(12)14/h4-5,9,12H,2-3,6-8,10-11H2,1H3;1-4H,(H2,12,14). The smallest absolute Gasteiger partial charge is 0.293 e. The Morgan fingerprint density at radius 3 is 2.55 bits per heavy atom. The lowest BCUT2D eigenvalue weighted by atomic mass is 10.0. The summed E-state index contributed by atoms with van der Waals surface area (Å²) in [6.07, 6.45) is 2.36. The second-order valence-corrected chi connectivity index (χ2v) is 8.87. The molecule has 1 saturated heterocycles. The van der Waals surface area contributed by atoms with Gasteiger partial charge in [-0.1, -0.05) is 24.6 Å². The number of halogens is 1. The van der Waals surface area contributed by atoms with Gasteiger partial charge in [-0.15, -0.1) is 0 Å². The van der Waals surface area contributed by atoms with Gasteiger partial charge in [-0.2, -0.15) is 0 Å². The van der Waals surface area contributed by atoms with Crippen LogP contribution in [0.15, 0.2) is 46.9 Å². The first-order chi connectivity index (χ1) is 15.9. The highest BCUT2D eigenvalue weighted by Gasteiger charge is 2.21. The molecule has 2 aromatic carbocycles. The molecule has 1 amide bonds. The monoisotopic (exact) mass is 470 g/mol. The van der Waals surface area contributed by atoms with Gasteiger partial charge in [0.2, 0.25) is 0 Å². The number of Topliss-reactive ketones (excluding diaryl/α,β-unsaturated/α-hetero) is 1. The van der Waals surface area contributed by atoms with Crippen LogP contribution in [-0.4, -0.2) is 49.4 Å². The Hall–Kier alpha value is -3.03. The van der Waals surface area contributed by atoms with Crippen molar-refractivity contribution in [3.05, 3.63) is 58.8 Å². The first-order valence-electron chi connectivity index (χ1n) is 11.0. The molecule has 3 aromatic rings. The summed E-state index contributed by atoms with van der Waals surface area (Å²) >= 11 is 5.75. The second-order valence-electron chi connectivity index (χ2n) is 8.43. The molecule has 1 aromatic heterocycles. The number of likely N-dealkylation sites (tertiary alicyclic amines) is 1. The zero-order chi connectivity index (χ0) is 23.4. The number of furan rings is 1. The number of aryl methyl sites for hydroxylation is 1. The third-order valence-corrected chi connectivity index (χ3v) is 5.85. The first kappa shape index (κ1) is 23.1. The number of fused-ring (bicyclic) bond motifs is 2. The molecule has 8 heteroatoms. The van der Waals surface area contributed by atoms with Crippen LogP contribution in [0.2, 0.25) is 5.02 Å². The highest BCUT2D eigenvalue weighted by Crippen LogP contribution is 2.31. The van der Waals surface area contributed by atoms with E-state index in [-0.39, 0.29) is 5.76 Å². The van der Waals surface area contributed by atoms with Crippen molar-refractivity contribution in [3.8, 4) is 11.5 Å². The van der Waals surface area contributed by atoms with Crippen molar-refractivity contribution in [2.24, 2.45) is 11.7 Å². The van der Waals surface area contributed by atoms with Crippen LogP contribution in [0.5, 0.6) is 11.5 Å². The van der Waals surface area contributed by atoms with Crippen LogP contribution in [0.1, 0.15) is 29.5 Å². The molecule has 7 nitrogen and oxygen atoms in total. The zero-order valence-electron chi connectivity index (χ0n) is 18.5. The maximum Gasteiger partial charge on any atom is 0.293 e. The molecule has 0 atom stereocenters. The van der Waals surface area contributed by atoms with Crippen molar-refractivity contribution < 1.29 is 23.5 Å². The van der Waals surface area contributed by atoms with Crippen molar-refractivity contribution >= 4 is 34.3 Å². The number of nitrogens with two attached hydrogens (primary N) is 1. The maximum atomic E-state index is 11.2. The summed E-state index contributed by atoms with van der Waals surface area (Å²) in [5.74, 6) is 0.749. The largest absolute Gasteiger partial charge is 0.486 e. The van der Waals surface area contributed by atoms with Crippen LogP contribution in [0.4, 0.5) is 0 Å². The summed E-state index contributed by atoms with van der Waals surface area (Å²) in [5.41, 5.74) is 6.69. The van der Waals surface area contributed by atoms with Crippen LogP contribution >= 0.6 is 11.6 Å². The molecule has 1 fully saturated rings. The molecule has 2 aliphatic rings. The van der Waals surface area contributed by atoms with Crippen molar-refractivity contribution in [3.63, 3.8) is 0 Å². The number of ketones is 1. The molecule has 0 aliphatic carbocycles. The molecule has 2 N–H and O–H groups in total. The molecule has 0 spiro atoms. The third kappa shape index (κ3) is 5.86. The van der Waals surface area contributed by atoms with Crippen LogP contribution in [-0.2, 0) is 11.2 Å². The molecule has 3 heterocycles. The molecule has 0 radical (unpaired) electrons. The number of nitrogens with zero attached hydrogens (tertiary/aromatic N) is 1. The predicted molar refractivity (Wildman–Crippen MR) is 126 cm³/mol. The van der Waals surface area contributed by atoms with Crippen LogP contribution in [0.25, 0.3) is 11.0 Å². The number of carbonyl (C=O) groups excluding carboxylic acids is 2. The summed E-state index contributed by atoms with van der Waals surface area (Å²) < 4.78 is 16.3. The summed E-state index contributed by atoms with van der Waals surface area (Å²) in [6.45, 7) is 7.43. The van der Waals surface area contributed by atoms with Gasteiger partial charge >= 0.3 is 0 Å². The van der Waals surface area contributed by atoms with Gasteiger partial charge in [0.25, 0.3) is 11.7 Å². The van der Waals surface area contributed by atoms with E-state index in [2.05, 4.69) is 24.0 Å². The van der Waals surface area contributed by atoms with Gasteiger partial charge in [0.15, 0.2) is 17.3 Å². The Balaban J connectivity index is 0.000000160. The van der Waals surface area contributed by atoms with Gasteiger partial charge in [0, 0.05) is 23.5 Å². The van der Waals surface area contributed by atoms with Gasteiger partial charge in [0.1, 0.15) is 18.8 Å². The molecular weight excluding hydrogens is 444 g/mol. The summed E-state index contributed by atoms with van der Waals surface area (Å²) in [4.78, 5) is 24.4. The SMILES string of the molecule is CC1CN(CCCc2ccc3c(c2)OCCO3)C1.NC(=O)C(=O)c1cc2cc(Cl)ccc2o1. The van der Waals surface area contributed by atoms with Crippen molar-refractivity contribution in [1.82, 2.24) is 4.90 Å². The Morgan fingerprint density at radius 1 is 1.06 bits per heavy atom. The van der Waals surface area contributed by atoms with E-state index in [1.165, 1.54) is 37.7 Å².